The Morgan fingerprint density at radius 3 is 2.60 bits per heavy atom. The number of allylic oxidation sites excluding steroid dienone is 1. The molecule has 1 N–H and O–H groups in total. The number of hydrogen-bond donors (Lipinski definition) is 1. The number of hydrogen-bond acceptors (Lipinski definition) is 2. The number of aryl methyl sites for hydroxylation is 1. The molecule has 30 heavy (non-hydrogen) atoms. The molecular weight excluding hydrogens is 370 g/mol. The molecule has 1 aromatic rings. The molecule has 4 aliphatic carbocycles. The highest BCUT2D eigenvalue weighted by Crippen LogP contribution is 2.66. The van der Waals surface area contributed by atoms with Crippen LogP contribution in [0.2, 0.25) is 0 Å². The van der Waals surface area contributed by atoms with Crippen LogP contribution >= 0.6 is 0 Å². The van der Waals surface area contributed by atoms with Crippen LogP contribution in [0.5, 0.6) is 0 Å². The van der Waals surface area contributed by atoms with Crippen LogP contribution in [0.25, 0.3) is 0 Å². The molecule has 0 heterocycles. The standard InChI is InChI=1S/C27H35NO2/c1-17-6-4-5-7-24(17)28-25(30)23-11-10-21-20-9-8-18-16-19(29)12-14-26(18,2)22(20)13-15-27(21,23)3/h4-7,16,20-23H,8-15H2,1-3H3,(H,28,30)/t20-,21-,22-,23+,26-,27-/m0/s1. The molecule has 3 nitrogen and oxygen atoms in total. The lowest BCUT2D eigenvalue weighted by atomic mass is 9.47. The fourth-order valence-electron chi connectivity index (χ4n) is 7.92. The molecule has 4 aliphatic rings. The van der Waals surface area contributed by atoms with Gasteiger partial charge in [-0.3, -0.25) is 9.59 Å². The topological polar surface area (TPSA) is 46.2 Å². The zero-order valence-electron chi connectivity index (χ0n) is 18.7. The second kappa shape index (κ2) is 7.07. The maximum Gasteiger partial charge on any atom is 0.228 e. The van der Waals surface area contributed by atoms with Gasteiger partial charge in [0, 0.05) is 18.0 Å². The van der Waals surface area contributed by atoms with Crippen LogP contribution < -0.4 is 5.32 Å². The van der Waals surface area contributed by atoms with E-state index in [2.05, 4.69) is 32.2 Å². The van der Waals surface area contributed by atoms with Gasteiger partial charge in [0.05, 0.1) is 0 Å². The van der Waals surface area contributed by atoms with Gasteiger partial charge in [0.25, 0.3) is 0 Å². The van der Waals surface area contributed by atoms with Crippen LogP contribution in [0.1, 0.15) is 70.8 Å². The predicted octanol–water partition coefficient (Wildman–Crippen LogP) is 6.08. The van der Waals surface area contributed by atoms with E-state index in [4.69, 9.17) is 0 Å². The number of fused-ring (bicyclic) bond motifs is 5. The molecule has 0 bridgehead atoms. The number of para-hydroxylation sites is 1. The van der Waals surface area contributed by atoms with E-state index in [-0.39, 0.29) is 22.7 Å². The zero-order valence-corrected chi connectivity index (χ0v) is 18.7. The van der Waals surface area contributed by atoms with Gasteiger partial charge in [-0.15, -0.1) is 0 Å². The number of carbonyl (C=O) groups is 2. The maximum absolute atomic E-state index is 13.4. The third-order valence-corrected chi connectivity index (χ3v) is 9.68. The van der Waals surface area contributed by atoms with E-state index < -0.39 is 0 Å². The summed E-state index contributed by atoms with van der Waals surface area (Å²) in [4.78, 5) is 25.4. The van der Waals surface area contributed by atoms with E-state index in [0.717, 1.165) is 36.9 Å². The highest BCUT2D eigenvalue weighted by Gasteiger charge is 2.60. The summed E-state index contributed by atoms with van der Waals surface area (Å²) >= 11 is 0. The molecule has 3 heteroatoms. The lowest BCUT2D eigenvalue weighted by Gasteiger charge is -2.58. The molecule has 3 saturated carbocycles. The summed E-state index contributed by atoms with van der Waals surface area (Å²) in [6, 6.07) is 8.09. The normalized spacial score (nSPS) is 40.1. The molecule has 0 aliphatic heterocycles. The molecular formula is C27H35NO2. The van der Waals surface area contributed by atoms with Crippen LogP contribution in [-0.4, -0.2) is 11.7 Å². The second-order valence-electron chi connectivity index (χ2n) is 10.9. The number of carbonyl (C=O) groups excluding carboxylic acids is 2. The lowest BCUT2D eigenvalue weighted by Crippen LogP contribution is -2.51. The first-order valence-electron chi connectivity index (χ1n) is 11.9. The predicted molar refractivity (Wildman–Crippen MR) is 120 cm³/mol. The van der Waals surface area contributed by atoms with Gasteiger partial charge in [-0.1, -0.05) is 37.6 Å². The zero-order chi connectivity index (χ0) is 21.1. The van der Waals surface area contributed by atoms with Crippen molar-refractivity contribution in [2.75, 3.05) is 5.32 Å². The number of ketones is 1. The van der Waals surface area contributed by atoms with Crippen LogP contribution in [0.4, 0.5) is 5.69 Å². The molecule has 0 saturated heterocycles. The van der Waals surface area contributed by atoms with E-state index in [1.807, 2.05) is 24.3 Å². The van der Waals surface area contributed by atoms with Crippen LogP contribution in [0.15, 0.2) is 35.9 Å². The Kier molecular flexibility index (Phi) is 4.72. The van der Waals surface area contributed by atoms with E-state index in [9.17, 15) is 9.59 Å². The van der Waals surface area contributed by atoms with Crippen molar-refractivity contribution in [2.45, 2.75) is 72.1 Å². The molecule has 0 spiro atoms. The first-order chi connectivity index (χ1) is 14.3. The average molecular weight is 406 g/mol. The first-order valence-corrected chi connectivity index (χ1v) is 11.9. The molecule has 5 rings (SSSR count). The van der Waals surface area contributed by atoms with Crippen LogP contribution in [-0.2, 0) is 9.59 Å². The fourth-order valence-corrected chi connectivity index (χ4v) is 7.92. The molecule has 6 atom stereocenters. The minimum atomic E-state index is 0.107. The van der Waals surface area contributed by atoms with Crippen LogP contribution in [0, 0.1) is 41.4 Å². The fraction of sp³-hybridized carbons (Fsp3) is 0.630. The Labute approximate surface area is 180 Å². The molecule has 1 aromatic carbocycles. The molecule has 0 unspecified atom stereocenters. The number of nitrogens with one attached hydrogen (secondary N) is 1. The summed E-state index contributed by atoms with van der Waals surface area (Å²) < 4.78 is 0. The maximum atomic E-state index is 13.4. The Hall–Kier alpha value is -1.90. The van der Waals surface area contributed by atoms with Crippen molar-refractivity contribution >= 4 is 17.4 Å². The van der Waals surface area contributed by atoms with Gasteiger partial charge in [0.1, 0.15) is 0 Å². The smallest absolute Gasteiger partial charge is 0.228 e. The molecule has 0 radical (unpaired) electrons. The van der Waals surface area contributed by atoms with Gasteiger partial charge >= 0.3 is 0 Å². The highest BCUT2D eigenvalue weighted by molar-refractivity contribution is 5.94. The van der Waals surface area contributed by atoms with Gasteiger partial charge in [-0.2, -0.15) is 0 Å². The minimum absolute atomic E-state index is 0.107. The van der Waals surface area contributed by atoms with Gasteiger partial charge in [0.15, 0.2) is 5.78 Å². The third-order valence-electron chi connectivity index (χ3n) is 9.68. The number of rotatable bonds is 2. The van der Waals surface area contributed by atoms with E-state index in [1.54, 1.807) is 0 Å². The molecule has 160 valence electrons. The summed E-state index contributed by atoms with van der Waals surface area (Å²) in [6.45, 7) is 6.89. The summed E-state index contributed by atoms with van der Waals surface area (Å²) in [5.41, 5.74) is 3.82. The molecule has 0 aromatic heterocycles. The summed E-state index contributed by atoms with van der Waals surface area (Å²) in [5, 5.41) is 3.25. The minimum Gasteiger partial charge on any atom is -0.326 e. The second-order valence-corrected chi connectivity index (χ2v) is 10.9. The first kappa shape index (κ1) is 20.0. The van der Waals surface area contributed by atoms with Crippen molar-refractivity contribution in [3.05, 3.63) is 41.5 Å². The Morgan fingerprint density at radius 1 is 1.00 bits per heavy atom. The Bertz CT molecular complexity index is 917. The van der Waals surface area contributed by atoms with E-state index in [0.29, 0.717) is 30.0 Å². The number of amides is 1. The van der Waals surface area contributed by atoms with Gasteiger partial charge in [-0.25, -0.2) is 0 Å². The van der Waals surface area contributed by atoms with E-state index >= 15 is 0 Å². The van der Waals surface area contributed by atoms with Crippen molar-refractivity contribution in [1.82, 2.24) is 0 Å². The van der Waals surface area contributed by atoms with Crippen molar-refractivity contribution in [1.29, 1.82) is 0 Å². The van der Waals surface area contributed by atoms with Gasteiger partial charge < -0.3 is 5.32 Å². The van der Waals surface area contributed by atoms with Crippen molar-refractivity contribution < 1.29 is 9.59 Å². The summed E-state index contributed by atoms with van der Waals surface area (Å²) in [6.07, 6.45) is 10.5. The molecule has 3 fully saturated rings. The van der Waals surface area contributed by atoms with Gasteiger partial charge in [-0.05, 0) is 98.2 Å². The van der Waals surface area contributed by atoms with E-state index in [1.165, 1.54) is 24.8 Å². The van der Waals surface area contributed by atoms with Crippen molar-refractivity contribution in [3.8, 4) is 0 Å². The highest BCUT2D eigenvalue weighted by atomic mass is 16.2. The quantitative estimate of drug-likeness (QED) is 0.648. The lowest BCUT2D eigenvalue weighted by molar-refractivity contribution is -0.127. The number of anilines is 1. The molecule has 1 amide bonds. The number of benzene rings is 1. The van der Waals surface area contributed by atoms with Crippen molar-refractivity contribution in [3.63, 3.8) is 0 Å². The monoisotopic (exact) mass is 405 g/mol. The van der Waals surface area contributed by atoms with Gasteiger partial charge in [0.2, 0.25) is 5.91 Å². The largest absolute Gasteiger partial charge is 0.326 e. The summed E-state index contributed by atoms with van der Waals surface area (Å²) in [7, 11) is 0. The Morgan fingerprint density at radius 2 is 1.80 bits per heavy atom. The summed E-state index contributed by atoms with van der Waals surface area (Å²) in [5.74, 6) is 2.69. The Balaban J connectivity index is 1.38. The van der Waals surface area contributed by atoms with Crippen LogP contribution in [0.3, 0.4) is 0 Å². The third kappa shape index (κ3) is 2.92. The average Bonchev–Trinajstić information content (AvgIpc) is 3.07. The van der Waals surface area contributed by atoms with Crippen molar-refractivity contribution in [2.24, 2.45) is 34.5 Å². The SMILES string of the molecule is Cc1ccccc1NC(=O)[C@H]1CC[C@H]2[C@@H]3CCC4=CC(=O)CC[C@]4(C)[C@H]3CC[C@]12C.